The van der Waals surface area contributed by atoms with Crippen molar-refractivity contribution >= 4 is 0 Å². The third-order valence-electron chi connectivity index (χ3n) is 2.80. The molecular weight excluding hydrogens is 172 g/mol. The third-order valence-corrected chi connectivity index (χ3v) is 2.80. The Morgan fingerprint density at radius 3 is 2.86 bits per heavy atom. The van der Waals surface area contributed by atoms with Gasteiger partial charge >= 0.3 is 0 Å². The van der Waals surface area contributed by atoms with Crippen LogP contribution in [-0.4, -0.2) is 10.2 Å². The first-order valence-electron chi connectivity index (χ1n) is 4.89. The average molecular weight is 183 g/mol. The van der Waals surface area contributed by atoms with Crippen molar-refractivity contribution in [1.29, 1.82) is 0 Å². The summed E-state index contributed by atoms with van der Waals surface area (Å²) in [6.07, 6.45) is 4.14. The fourth-order valence-electron chi connectivity index (χ4n) is 2.12. The molecule has 14 heavy (non-hydrogen) atoms. The molecule has 1 aliphatic carbocycles. The van der Waals surface area contributed by atoms with Crippen LogP contribution in [0, 0.1) is 5.92 Å². The van der Waals surface area contributed by atoms with E-state index in [1.807, 2.05) is 12.3 Å². The van der Waals surface area contributed by atoms with Crippen molar-refractivity contribution in [1.82, 2.24) is 10.2 Å². The van der Waals surface area contributed by atoms with E-state index in [9.17, 15) is 0 Å². The number of nitrogens with one attached hydrogen (secondary N) is 1. The summed E-state index contributed by atoms with van der Waals surface area (Å²) in [6, 6.07) is 10.6. The van der Waals surface area contributed by atoms with Crippen LogP contribution in [0.15, 0.2) is 36.5 Å². The minimum Gasteiger partial charge on any atom is -0.285 e. The molecule has 0 aliphatic heterocycles. The van der Waals surface area contributed by atoms with Gasteiger partial charge in [-0.25, -0.2) is 0 Å². The van der Waals surface area contributed by atoms with E-state index >= 15 is 0 Å². The smallest absolute Gasteiger partial charge is 0.0740 e. The van der Waals surface area contributed by atoms with E-state index in [2.05, 4.69) is 34.5 Å². The quantitative estimate of drug-likeness (QED) is 0.722. The number of nitrogens with zero attached hydrogens (tertiary/aromatic N) is 1. The topological polar surface area (TPSA) is 28.7 Å². The molecule has 0 atom stereocenters. The predicted octanol–water partition coefficient (Wildman–Crippen LogP) is 2.33. The van der Waals surface area contributed by atoms with E-state index in [1.54, 1.807) is 0 Å². The normalized spacial score (nSPS) is 15.7. The van der Waals surface area contributed by atoms with Gasteiger partial charge in [-0.3, -0.25) is 5.10 Å². The van der Waals surface area contributed by atoms with Crippen LogP contribution in [0.25, 0.3) is 0 Å². The lowest BCUT2D eigenvalue weighted by atomic mass is 9.98. The molecule has 0 amide bonds. The molecule has 3 rings (SSSR count). The SMILES string of the molecule is c1ccc2c(c1)CC[C]2c1cc[nH]n1. The van der Waals surface area contributed by atoms with Gasteiger partial charge in [-0.15, -0.1) is 0 Å². The number of fused-ring (bicyclic) bond motifs is 1. The van der Waals surface area contributed by atoms with Crippen LogP contribution in [0.4, 0.5) is 0 Å². The first-order valence-corrected chi connectivity index (χ1v) is 4.89. The van der Waals surface area contributed by atoms with Gasteiger partial charge in [0.15, 0.2) is 0 Å². The van der Waals surface area contributed by atoms with Crippen LogP contribution in [0.3, 0.4) is 0 Å². The zero-order valence-electron chi connectivity index (χ0n) is 7.83. The Bertz CT molecular complexity index is 431. The molecule has 2 nitrogen and oxygen atoms in total. The molecule has 0 spiro atoms. The van der Waals surface area contributed by atoms with Crippen LogP contribution in [0.1, 0.15) is 23.2 Å². The molecule has 2 aromatic rings. The molecule has 0 unspecified atom stereocenters. The molecule has 1 heterocycles. The van der Waals surface area contributed by atoms with Crippen LogP contribution in [-0.2, 0) is 6.42 Å². The lowest BCUT2D eigenvalue weighted by Gasteiger charge is -2.06. The number of aromatic nitrogens is 2. The van der Waals surface area contributed by atoms with Gasteiger partial charge in [0.25, 0.3) is 0 Å². The highest BCUT2D eigenvalue weighted by Crippen LogP contribution is 2.35. The summed E-state index contributed by atoms with van der Waals surface area (Å²) in [5.74, 6) is 1.38. The van der Waals surface area contributed by atoms with E-state index < -0.39 is 0 Å². The fraction of sp³-hybridized carbons (Fsp3) is 0.167. The summed E-state index contributed by atoms with van der Waals surface area (Å²) in [5, 5.41) is 7.10. The van der Waals surface area contributed by atoms with Gasteiger partial charge in [0.1, 0.15) is 0 Å². The molecule has 1 aliphatic rings. The van der Waals surface area contributed by atoms with Gasteiger partial charge in [0.05, 0.1) is 11.6 Å². The van der Waals surface area contributed by atoms with Gasteiger partial charge in [-0.2, -0.15) is 5.10 Å². The maximum absolute atomic E-state index is 4.24. The Kier molecular flexibility index (Phi) is 1.66. The highest BCUT2D eigenvalue weighted by Gasteiger charge is 2.25. The Labute approximate surface area is 83.0 Å². The van der Waals surface area contributed by atoms with Crippen molar-refractivity contribution in [2.45, 2.75) is 12.8 Å². The molecule has 0 saturated heterocycles. The highest BCUT2D eigenvalue weighted by atomic mass is 15.1. The zero-order chi connectivity index (χ0) is 9.38. The van der Waals surface area contributed by atoms with Crippen LogP contribution >= 0.6 is 0 Å². The summed E-state index contributed by atoms with van der Waals surface area (Å²) >= 11 is 0. The summed E-state index contributed by atoms with van der Waals surface area (Å²) in [4.78, 5) is 0. The maximum atomic E-state index is 4.24. The predicted molar refractivity (Wildman–Crippen MR) is 54.8 cm³/mol. The Morgan fingerprint density at radius 2 is 2.00 bits per heavy atom. The molecule has 2 heteroatoms. The second kappa shape index (κ2) is 2.98. The van der Waals surface area contributed by atoms with Gasteiger partial charge in [-0.1, -0.05) is 24.3 Å². The van der Waals surface area contributed by atoms with Crippen LogP contribution < -0.4 is 0 Å². The number of rotatable bonds is 1. The monoisotopic (exact) mass is 183 g/mol. The van der Waals surface area contributed by atoms with Crippen molar-refractivity contribution < 1.29 is 0 Å². The molecule has 0 fully saturated rings. The third kappa shape index (κ3) is 1.07. The van der Waals surface area contributed by atoms with Gasteiger partial charge in [0, 0.05) is 6.20 Å². The molecule has 0 saturated carbocycles. The summed E-state index contributed by atoms with van der Waals surface area (Å²) in [7, 11) is 0. The van der Waals surface area contributed by atoms with Gasteiger partial charge in [-0.05, 0) is 30.0 Å². The molecular formula is C12H11N2. The van der Waals surface area contributed by atoms with Crippen LogP contribution in [0.2, 0.25) is 0 Å². The number of hydrogen-bond donors (Lipinski definition) is 1. The number of H-pyrrole nitrogens is 1. The largest absolute Gasteiger partial charge is 0.285 e. The second-order valence-electron chi connectivity index (χ2n) is 3.60. The standard InChI is InChI=1S/C12H11N2/c1-2-4-10-9(3-1)5-6-11(10)12-7-8-13-14-12/h1-4,7-8H,5-6H2,(H,13,14). The van der Waals surface area contributed by atoms with E-state index in [1.165, 1.54) is 17.0 Å². The molecule has 1 radical (unpaired) electrons. The zero-order valence-corrected chi connectivity index (χ0v) is 7.83. The Balaban J connectivity index is 2.06. The van der Waals surface area contributed by atoms with E-state index in [0.29, 0.717) is 0 Å². The van der Waals surface area contributed by atoms with E-state index in [4.69, 9.17) is 0 Å². The first-order chi connectivity index (χ1) is 6.95. The minimum atomic E-state index is 1.09. The number of aromatic amines is 1. The van der Waals surface area contributed by atoms with E-state index in [0.717, 1.165) is 18.5 Å². The molecule has 69 valence electrons. The summed E-state index contributed by atoms with van der Waals surface area (Å²) < 4.78 is 0. The molecule has 1 N–H and O–H groups in total. The van der Waals surface area contributed by atoms with Crippen molar-refractivity contribution in [2.75, 3.05) is 0 Å². The Morgan fingerprint density at radius 1 is 1.07 bits per heavy atom. The lowest BCUT2D eigenvalue weighted by molar-refractivity contribution is 0.920. The second-order valence-corrected chi connectivity index (χ2v) is 3.60. The van der Waals surface area contributed by atoms with Crippen molar-refractivity contribution in [2.24, 2.45) is 0 Å². The van der Waals surface area contributed by atoms with Crippen molar-refractivity contribution in [3.63, 3.8) is 0 Å². The Hall–Kier alpha value is -1.57. The van der Waals surface area contributed by atoms with Crippen molar-refractivity contribution in [3.05, 3.63) is 59.3 Å². The minimum absolute atomic E-state index is 1.09. The summed E-state index contributed by atoms with van der Waals surface area (Å²) in [6.45, 7) is 0. The van der Waals surface area contributed by atoms with Gasteiger partial charge < -0.3 is 0 Å². The summed E-state index contributed by atoms with van der Waals surface area (Å²) in [5.41, 5.74) is 3.92. The average Bonchev–Trinajstić information content (AvgIpc) is 2.85. The van der Waals surface area contributed by atoms with Crippen molar-refractivity contribution in [3.8, 4) is 0 Å². The maximum Gasteiger partial charge on any atom is 0.0740 e. The highest BCUT2D eigenvalue weighted by molar-refractivity contribution is 5.50. The molecule has 1 aromatic heterocycles. The molecule has 0 bridgehead atoms. The van der Waals surface area contributed by atoms with Gasteiger partial charge in [0.2, 0.25) is 0 Å². The fourth-order valence-corrected chi connectivity index (χ4v) is 2.12. The van der Waals surface area contributed by atoms with Crippen LogP contribution in [0.5, 0.6) is 0 Å². The number of aryl methyl sites for hydroxylation is 1. The number of hydrogen-bond acceptors (Lipinski definition) is 1. The molecule has 1 aromatic carbocycles. The lowest BCUT2D eigenvalue weighted by Crippen LogP contribution is -1.97. The number of benzene rings is 1. The van der Waals surface area contributed by atoms with E-state index in [-0.39, 0.29) is 0 Å². The first kappa shape index (κ1) is 7.80.